The molecule has 7 nitrogen and oxygen atoms in total. The molecule has 1 rings (SSSR count). The summed E-state index contributed by atoms with van der Waals surface area (Å²) < 4.78 is 1.38. The van der Waals surface area contributed by atoms with E-state index >= 15 is 0 Å². The van der Waals surface area contributed by atoms with Crippen molar-refractivity contribution in [2.45, 2.75) is 32.4 Å². The van der Waals surface area contributed by atoms with Gasteiger partial charge >= 0.3 is 5.97 Å². The number of carboxylic acid groups (broad SMARTS) is 1. The van der Waals surface area contributed by atoms with Crippen molar-refractivity contribution in [3.63, 3.8) is 0 Å². The summed E-state index contributed by atoms with van der Waals surface area (Å²) in [6, 6.07) is -0.339. The van der Waals surface area contributed by atoms with Crippen LogP contribution in [0.3, 0.4) is 0 Å². The van der Waals surface area contributed by atoms with Crippen molar-refractivity contribution < 1.29 is 14.7 Å². The third-order valence-electron chi connectivity index (χ3n) is 2.06. The fraction of sp³-hybridized carbons (Fsp3) is 0.556. The zero-order chi connectivity index (χ0) is 12.0. The van der Waals surface area contributed by atoms with Crippen molar-refractivity contribution in [1.29, 1.82) is 0 Å². The highest BCUT2D eigenvalue weighted by Crippen LogP contribution is 1.97. The minimum absolute atomic E-state index is 0.0517. The van der Waals surface area contributed by atoms with E-state index in [1.54, 1.807) is 6.20 Å². The van der Waals surface area contributed by atoms with E-state index in [-0.39, 0.29) is 24.9 Å². The second-order valence-corrected chi connectivity index (χ2v) is 3.37. The first-order chi connectivity index (χ1) is 7.61. The summed E-state index contributed by atoms with van der Waals surface area (Å²) in [7, 11) is 0. The van der Waals surface area contributed by atoms with Crippen molar-refractivity contribution in [3.8, 4) is 0 Å². The monoisotopic (exact) mass is 226 g/mol. The minimum Gasteiger partial charge on any atom is -0.481 e. The summed E-state index contributed by atoms with van der Waals surface area (Å²) in [5.41, 5.74) is 0. The average molecular weight is 226 g/mol. The van der Waals surface area contributed by atoms with Crippen LogP contribution in [0.25, 0.3) is 0 Å². The summed E-state index contributed by atoms with van der Waals surface area (Å²) in [5, 5.41) is 18.4. The molecule has 7 heteroatoms. The van der Waals surface area contributed by atoms with E-state index in [2.05, 4.69) is 15.6 Å². The van der Waals surface area contributed by atoms with Crippen molar-refractivity contribution >= 4 is 11.9 Å². The number of rotatable bonds is 6. The predicted octanol–water partition coefficient (Wildman–Crippen LogP) is -0.352. The number of hydrogen-bond donors (Lipinski definition) is 2. The lowest BCUT2D eigenvalue weighted by Crippen LogP contribution is -2.38. The summed E-state index contributed by atoms with van der Waals surface area (Å²) >= 11 is 0. The van der Waals surface area contributed by atoms with Crippen molar-refractivity contribution in [1.82, 2.24) is 20.3 Å². The van der Waals surface area contributed by atoms with E-state index in [9.17, 15) is 9.59 Å². The van der Waals surface area contributed by atoms with Crippen LogP contribution >= 0.6 is 0 Å². The van der Waals surface area contributed by atoms with Gasteiger partial charge in [-0.25, -0.2) is 4.68 Å². The molecule has 1 aromatic heterocycles. The molecule has 1 heterocycles. The van der Waals surface area contributed by atoms with Gasteiger partial charge in [0.15, 0.2) is 0 Å². The van der Waals surface area contributed by atoms with Crippen LogP contribution in [0.5, 0.6) is 0 Å². The molecule has 0 aliphatic carbocycles. The highest BCUT2D eigenvalue weighted by Gasteiger charge is 2.14. The fourth-order valence-corrected chi connectivity index (χ4v) is 1.25. The third-order valence-corrected chi connectivity index (χ3v) is 2.06. The van der Waals surface area contributed by atoms with Crippen molar-refractivity contribution in [3.05, 3.63) is 12.4 Å². The maximum atomic E-state index is 11.5. The Hall–Kier alpha value is -1.92. The molecule has 0 saturated heterocycles. The number of carbonyl (C=O) groups is 2. The van der Waals surface area contributed by atoms with Crippen LogP contribution in [-0.2, 0) is 16.1 Å². The lowest BCUT2D eigenvalue weighted by atomic mass is 10.1. The van der Waals surface area contributed by atoms with E-state index in [1.807, 2.05) is 6.92 Å². The zero-order valence-electron chi connectivity index (χ0n) is 8.96. The molecule has 0 radical (unpaired) electrons. The smallest absolute Gasteiger partial charge is 0.305 e. The molecular weight excluding hydrogens is 212 g/mol. The van der Waals surface area contributed by atoms with Gasteiger partial charge in [-0.2, -0.15) is 0 Å². The van der Waals surface area contributed by atoms with Crippen LogP contribution in [0.1, 0.15) is 19.8 Å². The first-order valence-electron chi connectivity index (χ1n) is 4.97. The van der Waals surface area contributed by atoms with Gasteiger partial charge in [-0.1, -0.05) is 12.1 Å². The Kier molecular flexibility index (Phi) is 4.43. The molecule has 1 aromatic rings. The number of aliphatic carboxylic acids is 1. The van der Waals surface area contributed by atoms with E-state index in [1.165, 1.54) is 10.9 Å². The Balaban J connectivity index is 2.40. The first kappa shape index (κ1) is 12.2. The van der Waals surface area contributed by atoms with Crippen molar-refractivity contribution in [2.75, 3.05) is 0 Å². The molecule has 1 atom stereocenters. The Morgan fingerprint density at radius 2 is 2.31 bits per heavy atom. The van der Waals surface area contributed by atoms with Crippen molar-refractivity contribution in [2.24, 2.45) is 0 Å². The number of aromatic nitrogens is 3. The van der Waals surface area contributed by atoms with Gasteiger partial charge in [0.25, 0.3) is 0 Å². The second kappa shape index (κ2) is 5.84. The second-order valence-electron chi connectivity index (χ2n) is 3.37. The lowest BCUT2D eigenvalue weighted by Gasteiger charge is -2.14. The summed E-state index contributed by atoms with van der Waals surface area (Å²) in [5.74, 6) is -1.19. The van der Waals surface area contributed by atoms with E-state index in [0.717, 1.165) is 0 Å². The van der Waals surface area contributed by atoms with E-state index < -0.39 is 5.97 Å². The molecule has 2 N–H and O–H groups in total. The molecule has 1 unspecified atom stereocenters. The molecule has 0 fully saturated rings. The third kappa shape index (κ3) is 4.07. The maximum Gasteiger partial charge on any atom is 0.305 e. The van der Waals surface area contributed by atoms with E-state index in [0.29, 0.717) is 6.42 Å². The highest BCUT2D eigenvalue weighted by atomic mass is 16.4. The van der Waals surface area contributed by atoms with Gasteiger partial charge < -0.3 is 10.4 Å². The standard InChI is InChI=1S/C9H14N4O3/c1-2-7(5-9(15)16)11-8(14)6-13-4-3-10-12-13/h3-4,7H,2,5-6H2,1H3,(H,11,14)(H,15,16). The minimum atomic E-state index is -0.923. The molecule has 1 amide bonds. The molecule has 0 aliphatic heterocycles. The number of carboxylic acids is 1. The molecule has 0 spiro atoms. The van der Waals surface area contributed by atoms with Crippen LogP contribution in [0, 0.1) is 0 Å². The Labute approximate surface area is 92.4 Å². The summed E-state index contributed by atoms with van der Waals surface area (Å²) in [6.07, 6.45) is 3.55. The van der Waals surface area contributed by atoms with Crippen LogP contribution in [0.2, 0.25) is 0 Å². The molecule has 0 saturated carbocycles. The zero-order valence-corrected chi connectivity index (χ0v) is 8.96. The molecule has 0 aliphatic rings. The largest absolute Gasteiger partial charge is 0.481 e. The SMILES string of the molecule is CCC(CC(=O)O)NC(=O)Cn1ccnn1. The van der Waals surface area contributed by atoms with E-state index in [4.69, 9.17) is 5.11 Å². The lowest BCUT2D eigenvalue weighted by molar-refractivity contribution is -0.137. The van der Waals surface area contributed by atoms with Crippen LogP contribution in [-0.4, -0.2) is 38.0 Å². The van der Waals surface area contributed by atoms with Gasteiger partial charge in [-0.15, -0.1) is 5.10 Å². The number of carbonyl (C=O) groups excluding carboxylic acids is 1. The molecule has 16 heavy (non-hydrogen) atoms. The molecule has 0 bridgehead atoms. The summed E-state index contributed by atoms with van der Waals surface area (Å²) in [4.78, 5) is 22.0. The topological polar surface area (TPSA) is 97.1 Å². The Bertz CT molecular complexity index is 350. The van der Waals surface area contributed by atoms with Crippen LogP contribution in [0.4, 0.5) is 0 Å². The quantitative estimate of drug-likeness (QED) is 0.690. The van der Waals surface area contributed by atoms with Gasteiger partial charge in [0.05, 0.1) is 12.6 Å². The number of amides is 1. The van der Waals surface area contributed by atoms with Gasteiger partial charge in [0.2, 0.25) is 5.91 Å². The summed E-state index contributed by atoms with van der Waals surface area (Å²) in [6.45, 7) is 1.87. The van der Waals surface area contributed by atoms with Gasteiger partial charge in [-0.3, -0.25) is 9.59 Å². The molecule has 88 valence electrons. The van der Waals surface area contributed by atoms with Gasteiger partial charge in [0, 0.05) is 12.2 Å². The maximum absolute atomic E-state index is 11.5. The van der Waals surface area contributed by atoms with Crippen LogP contribution in [0.15, 0.2) is 12.4 Å². The van der Waals surface area contributed by atoms with Crippen LogP contribution < -0.4 is 5.32 Å². The van der Waals surface area contributed by atoms with Gasteiger partial charge in [0.1, 0.15) is 6.54 Å². The number of nitrogens with zero attached hydrogens (tertiary/aromatic N) is 3. The van der Waals surface area contributed by atoms with Gasteiger partial charge in [-0.05, 0) is 6.42 Å². The first-order valence-corrected chi connectivity index (χ1v) is 4.97. The normalized spacial score (nSPS) is 12.1. The average Bonchev–Trinajstić information content (AvgIpc) is 2.68. The number of nitrogens with one attached hydrogen (secondary N) is 1. The molecular formula is C9H14N4O3. The Morgan fingerprint density at radius 3 is 2.81 bits per heavy atom. The fourth-order valence-electron chi connectivity index (χ4n) is 1.25. The predicted molar refractivity (Wildman–Crippen MR) is 54.5 cm³/mol. The Morgan fingerprint density at radius 1 is 1.56 bits per heavy atom. The molecule has 0 aromatic carbocycles. The highest BCUT2D eigenvalue weighted by molar-refractivity contribution is 5.77. The number of hydrogen-bond acceptors (Lipinski definition) is 4.